The molecule has 144 valence electrons. The molecular weight excluding hydrogens is 358 g/mol. The van der Waals surface area contributed by atoms with Crippen LogP contribution in [0.1, 0.15) is 37.4 Å². The highest BCUT2D eigenvalue weighted by molar-refractivity contribution is 5.95. The zero-order valence-electron chi connectivity index (χ0n) is 15.6. The summed E-state index contributed by atoms with van der Waals surface area (Å²) in [5.74, 6) is -1.37. The topological polar surface area (TPSA) is 108 Å². The van der Waals surface area contributed by atoms with Gasteiger partial charge in [0.25, 0.3) is 5.91 Å². The monoisotopic (exact) mass is 379 g/mol. The van der Waals surface area contributed by atoms with E-state index in [1.165, 1.54) is 13.8 Å². The van der Waals surface area contributed by atoms with Crippen LogP contribution in [0.15, 0.2) is 54.6 Å². The average molecular weight is 379 g/mol. The fourth-order valence-corrected chi connectivity index (χ4v) is 2.52. The molecule has 0 saturated heterocycles. The third-order valence-corrected chi connectivity index (χ3v) is 3.91. The van der Waals surface area contributed by atoms with Crippen LogP contribution in [0.2, 0.25) is 0 Å². The number of carbonyl (C=O) groups excluding carboxylic acids is 3. The van der Waals surface area contributed by atoms with Gasteiger partial charge in [-0.2, -0.15) is 5.26 Å². The number of hydrogen-bond donors (Lipinski definition) is 2. The molecule has 2 aromatic carbocycles. The van der Waals surface area contributed by atoms with Crippen LogP contribution in [0.25, 0.3) is 0 Å². The van der Waals surface area contributed by atoms with Crippen molar-refractivity contribution in [3.05, 3.63) is 65.7 Å². The van der Waals surface area contributed by atoms with Crippen molar-refractivity contribution in [1.82, 2.24) is 5.32 Å². The van der Waals surface area contributed by atoms with Crippen molar-refractivity contribution in [2.45, 2.75) is 32.4 Å². The van der Waals surface area contributed by atoms with E-state index in [0.717, 1.165) is 5.56 Å². The normalized spacial score (nSPS) is 12.2. The molecule has 0 bridgehead atoms. The van der Waals surface area contributed by atoms with Gasteiger partial charge in [0.1, 0.15) is 0 Å². The van der Waals surface area contributed by atoms with Gasteiger partial charge in [-0.15, -0.1) is 0 Å². The van der Waals surface area contributed by atoms with Crippen molar-refractivity contribution in [3.63, 3.8) is 0 Å². The fourth-order valence-electron chi connectivity index (χ4n) is 2.52. The van der Waals surface area contributed by atoms with E-state index < -0.39 is 24.0 Å². The number of amides is 2. The summed E-state index contributed by atoms with van der Waals surface area (Å²) in [6, 6.07) is 16.8. The molecule has 28 heavy (non-hydrogen) atoms. The van der Waals surface area contributed by atoms with E-state index >= 15 is 0 Å². The van der Waals surface area contributed by atoms with Crippen LogP contribution in [0.4, 0.5) is 5.69 Å². The number of rotatable bonds is 7. The van der Waals surface area contributed by atoms with Crippen LogP contribution in [0, 0.1) is 11.3 Å². The molecule has 0 fully saturated rings. The van der Waals surface area contributed by atoms with Gasteiger partial charge in [-0.3, -0.25) is 14.4 Å². The molecule has 0 heterocycles. The Balaban J connectivity index is 1.94. The van der Waals surface area contributed by atoms with E-state index in [2.05, 4.69) is 10.6 Å². The van der Waals surface area contributed by atoms with Crippen LogP contribution in [-0.2, 0) is 19.1 Å². The number of benzene rings is 2. The van der Waals surface area contributed by atoms with Gasteiger partial charge in [-0.1, -0.05) is 30.3 Å². The molecule has 7 heteroatoms. The third kappa shape index (κ3) is 6.25. The molecule has 7 nitrogen and oxygen atoms in total. The molecule has 0 aromatic heterocycles. The second kappa shape index (κ2) is 9.88. The van der Waals surface area contributed by atoms with E-state index in [1.807, 2.05) is 24.3 Å². The van der Waals surface area contributed by atoms with Crippen molar-refractivity contribution < 1.29 is 19.1 Å². The van der Waals surface area contributed by atoms with Gasteiger partial charge in [0, 0.05) is 12.6 Å². The molecule has 2 aromatic rings. The maximum absolute atomic E-state index is 12.3. The lowest BCUT2D eigenvalue weighted by Crippen LogP contribution is -2.33. The first-order valence-corrected chi connectivity index (χ1v) is 8.71. The van der Waals surface area contributed by atoms with Gasteiger partial charge >= 0.3 is 5.97 Å². The minimum absolute atomic E-state index is 0.0991. The molecule has 0 saturated carbocycles. The smallest absolute Gasteiger partial charge is 0.309 e. The molecule has 2 rings (SSSR count). The maximum Gasteiger partial charge on any atom is 0.309 e. The van der Waals surface area contributed by atoms with Crippen molar-refractivity contribution in [2.75, 3.05) is 5.32 Å². The second-order valence-electron chi connectivity index (χ2n) is 6.18. The molecule has 0 aliphatic carbocycles. The molecule has 2 atom stereocenters. The first-order chi connectivity index (χ1) is 13.4. The lowest BCUT2D eigenvalue weighted by atomic mass is 10.0. The quantitative estimate of drug-likeness (QED) is 0.719. The Hall–Kier alpha value is -3.66. The van der Waals surface area contributed by atoms with Crippen LogP contribution < -0.4 is 10.6 Å². The number of carbonyl (C=O) groups is 3. The van der Waals surface area contributed by atoms with E-state index in [-0.39, 0.29) is 12.3 Å². The largest absolute Gasteiger partial charge is 0.452 e. The van der Waals surface area contributed by atoms with E-state index in [0.29, 0.717) is 11.3 Å². The lowest BCUT2D eigenvalue weighted by molar-refractivity contribution is -0.153. The van der Waals surface area contributed by atoms with Crippen LogP contribution in [0.5, 0.6) is 0 Å². The van der Waals surface area contributed by atoms with E-state index in [9.17, 15) is 14.4 Å². The Labute approximate surface area is 163 Å². The number of hydrogen-bond acceptors (Lipinski definition) is 5. The van der Waals surface area contributed by atoms with Crippen LogP contribution in [0.3, 0.4) is 0 Å². The molecular formula is C21H21N3O4. The predicted molar refractivity (Wildman–Crippen MR) is 103 cm³/mol. The van der Waals surface area contributed by atoms with Crippen molar-refractivity contribution in [1.29, 1.82) is 5.26 Å². The molecule has 0 radical (unpaired) electrons. The standard InChI is InChI=1S/C21H21N3O4/c1-14(21(27)24-18-10-8-16(13-22)9-11-18)28-20(26)12-19(23-15(2)25)17-6-4-3-5-7-17/h3-11,14,19H,12H2,1-2H3,(H,23,25)(H,24,27)/t14-,19+/m1/s1. The first-order valence-electron chi connectivity index (χ1n) is 8.71. The summed E-state index contributed by atoms with van der Waals surface area (Å²) in [4.78, 5) is 35.9. The van der Waals surface area contributed by atoms with Crippen molar-refractivity contribution in [2.24, 2.45) is 0 Å². The van der Waals surface area contributed by atoms with Crippen LogP contribution in [-0.4, -0.2) is 23.9 Å². The first kappa shape index (κ1) is 20.6. The van der Waals surface area contributed by atoms with Crippen molar-refractivity contribution in [3.8, 4) is 6.07 Å². The molecule has 2 N–H and O–H groups in total. The molecule has 0 spiro atoms. The highest BCUT2D eigenvalue weighted by Crippen LogP contribution is 2.18. The van der Waals surface area contributed by atoms with Crippen molar-refractivity contribution >= 4 is 23.5 Å². The molecule has 0 aliphatic rings. The number of nitrogens with zero attached hydrogens (tertiary/aromatic N) is 1. The Morgan fingerprint density at radius 2 is 1.71 bits per heavy atom. The number of esters is 1. The second-order valence-corrected chi connectivity index (χ2v) is 6.18. The SMILES string of the molecule is CC(=O)N[C@@H](CC(=O)O[C@H](C)C(=O)Nc1ccc(C#N)cc1)c1ccccc1. The van der Waals surface area contributed by atoms with Gasteiger partial charge in [-0.25, -0.2) is 0 Å². The number of ether oxygens (including phenoxy) is 1. The average Bonchev–Trinajstić information content (AvgIpc) is 2.68. The lowest BCUT2D eigenvalue weighted by Gasteiger charge is -2.19. The number of anilines is 1. The molecule has 0 unspecified atom stereocenters. The predicted octanol–water partition coefficient (Wildman–Crippen LogP) is 2.70. The Morgan fingerprint density at radius 3 is 2.29 bits per heavy atom. The Kier molecular flexibility index (Phi) is 7.28. The minimum atomic E-state index is -1.02. The number of nitriles is 1. The third-order valence-electron chi connectivity index (χ3n) is 3.91. The molecule has 0 aliphatic heterocycles. The number of nitrogens with one attached hydrogen (secondary N) is 2. The summed E-state index contributed by atoms with van der Waals surface area (Å²) in [5, 5.41) is 14.1. The highest BCUT2D eigenvalue weighted by Gasteiger charge is 2.22. The zero-order chi connectivity index (χ0) is 20.5. The summed E-state index contributed by atoms with van der Waals surface area (Å²) < 4.78 is 5.21. The zero-order valence-corrected chi connectivity index (χ0v) is 15.6. The van der Waals surface area contributed by atoms with E-state index in [4.69, 9.17) is 10.00 Å². The van der Waals surface area contributed by atoms with Crippen LogP contribution >= 0.6 is 0 Å². The summed E-state index contributed by atoms with van der Waals surface area (Å²) in [5.41, 5.74) is 1.74. The van der Waals surface area contributed by atoms with Gasteiger partial charge in [0.15, 0.2) is 6.10 Å². The minimum Gasteiger partial charge on any atom is -0.452 e. The van der Waals surface area contributed by atoms with Gasteiger partial charge < -0.3 is 15.4 Å². The fraction of sp³-hybridized carbons (Fsp3) is 0.238. The van der Waals surface area contributed by atoms with Gasteiger partial charge in [0.05, 0.1) is 24.1 Å². The Bertz CT molecular complexity index is 873. The summed E-state index contributed by atoms with van der Waals surface area (Å²) in [7, 11) is 0. The Morgan fingerprint density at radius 1 is 1.07 bits per heavy atom. The maximum atomic E-state index is 12.3. The summed E-state index contributed by atoms with van der Waals surface area (Å²) in [6.07, 6.45) is -1.12. The summed E-state index contributed by atoms with van der Waals surface area (Å²) in [6.45, 7) is 2.84. The molecule has 2 amide bonds. The summed E-state index contributed by atoms with van der Waals surface area (Å²) >= 11 is 0. The van der Waals surface area contributed by atoms with Gasteiger partial charge in [0.2, 0.25) is 5.91 Å². The van der Waals surface area contributed by atoms with Gasteiger partial charge in [-0.05, 0) is 36.8 Å². The van der Waals surface area contributed by atoms with E-state index in [1.54, 1.807) is 36.4 Å². The highest BCUT2D eigenvalue weighted by atomic mass is 16.5.